The van der Waals surface area contributed by atoms with Gasteiger partial charge in [0.25, 0.3) is 10.0 Å². The highest BCUT2D eigenvalue weighted by Crippen LogP contribution is 2.28. The number of esters is 1. The van der Waals surface area contributed by atoms with Crippen LogP contribution in [0.1, 0.15) is 24.5 Å². The second-order valence-electron chi connectivity index (χ2n) is 6.08. The Bertz CT molecular complexity index is 910. The largest absolute Gasteiger partial charge is 0.465 e. The smallest absolute Gasteiger partial charge is 0.326 e. The number of hydrogen-bond acceptors (Lipinski definition) is 4. The minimum absolute atomic E-state index is 0.117. The van der Waals surface area contributed by atoms with E-state index in [4.69, 9.17) is 4.74 Å². The molecule has 26 heavy (non-hydrogen) atoms. The zero-order chi connectivity index (χ0) is 18.7. The molecule has 0 aliphatic heterocycles. The molecule has 0 aromatic heterocycles. The number of sulfonamides is 1. The van der Waals surface area contributed by atoms with Crippen LogP contribution < -0.4 is 4.31 Å². The Balaban J connectivity index is 2.01. The van der Waals surface area contributed by atoms with E-state index in [2.05, 4.69) is 0 Å². The summed E-state index contributed by atoms with van der Waals surface area (Å²) in [5.41, 5.74) is 2.38. The molecule has 0 saturated heterocycles. The molecule has 0 fully saturated rings. The van der Waals surface area contributed by atoms with Crippen LogP contribution in [0.2, 0.25) is 0 Å². The third kappa shape index (κ3) is 3.72. The van der Waals surface area contributed by atoms with Crippen LogP contribution in [0.5, 0.6) is 0 Å². The van der Waals surface area contributed by atoms with Crippen LogP contribution in [-0.2, 0) is 32.4 Å². The molecule has 1 aliphatic carbocycles. The molecule has 0 radical (unpaired) electrons. The lowest BCUT2D eigenvalue weighted by molar-refractivity contribution is -0.141. The Labute approximate surface area is 152 Å². The van der Waals surface area contributed by atoms with Crippen molar-refractivity contribution in [3.63, 3.8) is 0 Å². The van der Waals surface area contributed by atoms with Crippen LogP contribution in [0, 0.1) is 5.82 Å². The number of anilines is 1. The summed E-state index contributed by atoms with van der Waals surface area (Å²) in [6.07, 6.45) is 2.79. The predicted octanol–water partition coefficient (Wildman–Crippen LogP) is 3.07. The summed E-state index contributed by atoms with van der Waals surface area (Å²) >= 11 is 0. The Morgan fingerprint density at radius 3 is 2.50 bits per heavy atom. The summed E-state index contributed by atoms with van der Waals surface area (Å²) in [6.45, 7) is 1.32. The van der Waals surface area contributed by atoms with Crippen LogP contribution in [0.3, 0.4) is 0 Å². The number of carbonyl (C=O) groups excluding carboxylic acids is 1. The van der Waals surface area contributed by atoms with Crippen molar-refractivity contribution in [1.82, 2.24) is 0 Å². The zero-order valence-corrected chi connectivity index (χ0v) is 15.3. The first-order valence-corrected chi connectivity index (χ1v) is 9.91. The summed E-state index contributed by atoms with van der Waals surface area (Å²) in [5.74, 6) is -1.15. The number of nitrogens with zero attached hydrogens (tertiary/aromatic N) is 1. The molecule has 0 N–H and O–H groups in total. The lowest BCUT2D eigenvalue weighted by Gasteiger charge is -2.24. The molecule has 1 aliphatic rings. The van der Waals surface area contributed by atoms with E-state index in [1.54, 1.807) is 19.1 Å². The van der Waals surface area contributed by atoms with Gasteiger partial charge in [-0.25, -0.2) is 12.8 Å². The van der Waals surface area contributed by atoms with Gasteiger partial charge in [-0.2, -0.15) is 0 Å². The fraction of sp³-hybridized carbons (Fsp3) is 0.316. The molecular weight excluding hydrogens is 357 g/mol. The molecule has 0 atom stereocenters. The van der Waals surface area contributed by atoms with Crippen LogP contribution in [0.4, 0.5) is 10.1 Å². The molecule has 5 nitrogen and oxygen atoms in total. The van der Waals surface area contributed by atoms with E-state index < -0.39 is 28.4 Å². The van der Waals surface area contributed by atoms with Crippen LogP contribution >= 0.6 is 0 Å². The van der Waals surface area contributed by atoms with Gasteiger partial charge in [0.2, 0.25) is 0 Å². The topological polar surface area (TPSA) is 63.7 Å². The number of benzene rings is 2. The quantitative estimate of drug-likeness (QED) is 0.726. The van der Waals surface area contributed by atoms with E-state index in [9.17, 15) is 17.6 Å². The molecule has 7 heteroatoms. The van der Waals surface area contributed by atoms with Crippen molar-refractivity contribution in [3.8, 4) is 0 Å². The highest BCUT2D eigenvalue weighted by Gasteiger charge is 2.29. The van der Waals surface area contributed by atoms with Crippen LogP contribution in [0.25, 0.3) is 0 Å². The van der Waals surface area contributed by atoms with Gasteiger partial charge in [-0.15, -0.1) is 0 Å². The fourth-order valence-corrected chi connectivity index (χ4v) is 4.54. The molecule has 3 rings (SSSR count). The van der Waals surface area contributed by atoms with Crippen molar-refractivity contribution in [3.05, 3.63) is 59.4 Å². The van der Waals surface area contributed by atoms with Gasteiger partial charge in [-0.1, -0.05) is 6.07 Å². The second-order valence-corrected chi connectivity index (χ2v) is 7.94. The lowest BCUT2D eigenvalue weighted by atomic mass is 10.1. The highest BCUT2D eigenvalue weighted by atomic mass is 32.2. The van der Waals surface area contributed by atoms with Gasteiger partial charge < -0.3 is 4.74 Å². The van der Waals surface area contributed by atoms with E-state index in [1.165, 1.54) is 12.1 Å². The summed E-state index contributed by atoms with van der Waals surface area (Å²) in [7, 11) is -3.99. The maximum atomic E-state index is 13.2. The van der Waals surface area contributed by atoms with Gasteiger partial charge >= 0.3 is 5.97 Å². The average Bonchev–Trinajstić information content (AvgIpc) is 3.08. The number of ether oxygens (including phenoxy) is 1. The average molecular weight is 377 g/mol. The Morgan fingerprint density at radius 2 is 1.81 bits per heavy atom. The maximum Gasteiger partial charge on any atom is 0.326 e. The first kappa shape index (κ1) is 18.4. The second kappa shape index (κ2) is 7.45. The molecular formula is C19H20FNO4S. The monoisotopic (exact) mass is 377 g/mol. The fourth-order valence-electron chi connectivity index (χ4n) is 3.08. The van der Waals surface area contributed by atoms with Crippen molar-refractivity contribution in [2.24, 2.45) is 0 Å². The maximum absolute atomic E-state index is 13.2. The van der Waals surface area contributed by atoms with Gasteiger partial charge in [-0.3, -0.25) is 9.10 Å². The zero-order valence-electron chi connectivity index (χ0n) is 14.4. The van der Waals surface area contributed by atoms with Crippen molar-refractivity contribution in [2.75, 3.05) is 17.5 Å². The lowest BCUT2D eigenvalue weighted by Crippen LogP contribution is -2.36. The summed E-state index contributed by atoms with van der Waals surface area (Å²) in [4.78, 5) is 12.1. The molecule has 0 bridgehead atoms. The Kier molecular flexibility index (Phi) is 5.27. The highest BCUT2D eigenvalue weighted by molar-refractivity contribution is 7.92. The van der Waals surface area contributed by atoms with E-state index in [0.717, 1.165) is 46.8 Å². The third-order valence-electron chi connectivity index (χ3n) is 4.35. The predicted molar refractivity (Wildman–Crippen MR) is 96.0 cm³/mol. The van der Waals surface area contributed by atoms with E-state index in [1.807, 2.05) is 6.07 Å². The normalized spacial score (nSPS) is 13.3. The molecule has 0 heterocycles. The van der Waals surface area contributed by atoms with Gasteiger partial charge in [0, 0.05) is 0 Å². The van der Waals surface area contributed by atoms with Crippen LogP contribution in [-0.4, -0.2) is 27.5 Å². The van der Waals surface area contributed by atoms with Crippen molar-refractivity contribution in [2.45, 2.75) is 31.1 Å². The van der Waals surface area contributed by atoms with E-state index in [-0.39, 0.29) is 17.2 Å². The SMILES string of the molecule is CCOC(=O)CN(c1ccc(F)cc1)S(=O)(=O)c1ccc2c(c1)CCC2. The Hall–Kier alpha value is -2.41. The summed E-state index contributed by atoms with van der Waals surface area (Å²) in [5, 5.41) is 0. The number of carbonyl (C=O) groups is 1. The number of aryl methyl sites for hydroxylation is 2. The van der Waals surface area contributed by atoms with Crippen molar-refractivity contribution < 1.29 is 22.3 Å². The number of halogens is 1. The van der Waals surface area contributed by atoms with Crippen molar-refractivity contribution >= 4 is 21.7 Å². The summed E-state index contributed by atoms with van der Waals surface area (Å²) < 4.78 is 45.5. The number of fused-ring (bicyclic) bond motifs is 1. The Morgan fingerprint density at radius 1 is 1.12 bits per heavy atom. The first-order chi connectivity index (χ1) is 12.4. The van der Waals surface area contributed by atoms with E-state index in [0.29, 0.717) is 0 Å². The minimum atomic E-state index is -3.99. The number of hydrogen-bond donors (Lipinski definition) is 0. The van der Waals surface area contributed by atoms with Gasteiger partial charge in [0.15, 0.2) is 0 Å². The number of rotatable bonds is 6. The van der Waals surface area contributed by atoms with Gasteiger partial charge in [-0.05, 0) is 73.7 Å². The molecule has 138 valence electrons. The van der Waals surface area contributed by atoms with E-state index >= 15 is 0 Å². The summed E-state index contributed by atoms with van der Waals surface area (Å²) in [6, 6.07) is 10.0. The molecule has 0 unspecified atom stereocenters. The third-order valence-corrected chi connectivity index (χ3v) is 6.12. The molecule has 0 amide bonds. The van der Waals surface area contributed by atoms with Crippen LogP contribution in [0.15, 0.2) is 47.4 Å². The minimum Gasteiger partial charge on any atom is -0.465 e. The first-order valence-electron chi connectivity index (χ1n) is 8.47. The van der Waals surface area contributed by atoms with Crippen molar-refractivity contribution in [1.29, 1.82) is 0 Å². The molecule has 2 aromatic rings. The van der Waals surface area contributed by atoms with Gasteiger partial charge in [0.1, 0.15) is 12.4 Å². The molecule has 0 saturated carbocycles. The molecule has 0 spiro atoms. The molecule has 2 aromatic carbocycles. The van der Waals surface area contributed by atoms with Gasteiger partial charge in [0.05, 0.1) is 17.2 Å². The standard InChI is InChI=1S/C19H20FNO4S/c1-2-25-19(22)13-21(17-9-7-16(20)8-10-17)26(23,24)18-11-6-14-4-3-5-15(14)12-18/h6-12H,2-5,13H2,1H3.